The molecule has 1 amide bonds. The van der Waals surface area contributed by atoms with E-state index in [2.05, 4.69) is 19.2 Å². The number of carbonyl (C=O) groups is 1. The lowest BCUT2D eigenvalue weighted by Crippen LogP contribution is -2.30. The second-order valence-electron chi connectivity index (χ2n) is 6.64. The smallest absolute Gasteiger partial charge is 0.265 e. The van der Waals surface area contributed by atoms with Gasteiger partial charge in [0.05, 0.1) is 6.10 Å². The van der Waals surface area contributed by atoms with E-state index >= 15 is 0 Å². The highest BCUT2D eigenvalue weighted by atomic mass is 16.5. The molecule has 1 atom stereocenters. The molecule has 0 radical (unpaired) electrons. The van der Waals surface area contributed by atoms with Crippen LogP contribution in [0.1, 0.15) is 46.1 Å². The molecule has 4 nitrogen and oxygen atoms in total. The van der Waals surface area contributed by atoms with E-state index in [-0.39, 0.29) is 12.0 Å². The zero-order valence-corrected chi connectivity index (χ0v) is 15.6. The monoisotopic (exact) mass is 341 g/mol. The summed E-state index contributed by atoms with van der Waals surface area (Å²) >= 11 is 0. The van der Waals surface area contributed by atoms with Gasteiger partial charge in [-0.15, -0.1) is 0 Å². The molecule has 2 aromatic rings. The molecule has 0 aliphatic heterocycles. The molecule has 1 N–H and O–H groups in total. The fourth-order valence-corrected chi connectivity index (χ4v) is 2.47. The second-order valence-corrected chi connectivity index (χ2v) is 6.64. The maximum atomic E-state index is 12.5. The molecule has 0 saturated heterocycles. The van der Waals surface area contributed by atoms with Crippen LogP contribution >= 0.6 is 0 Å². The van der Waals surface area contributed by atoms with Crippen molar-refractivity contribution in [3.63, 3.8) is 0 Å². The summed E-state index contributed by atoms with van der Waals surface area (Å²) in [7, 11) is 0. The van der Waals surface area contributed by atoms with Gasteiger partial charge in [0.25, 0.3) is 5.91 Å². The number of anilines is 1. The first kappa shape index (κ1) is 18.8. The number of nitrogens with one attached hydrogen (secondary N) is 1. The second kappa shape index (κ2) is 8.56. The molecule has 4 heteroatoms. The van der Waals surface area contributed by atoms with Crippen molar-refractivity contribution < 1.29 is 14.3 Å². The molecule has 0 aliphatic rings. The van der Waals surface area contributed by atoms with Gasteiger partial charge < -0.3 is 14.8 Å². The van der Waals surface area contributed by atoms with Crippen molar-refractivity contribution in [1.82, 2.24) is 0 Å². The summed E-state index contributed by atoms with van der Waals surface area (Å²) < 4.78 is 11.5. The largest absolute Gasteiger partial charge is 0.491 e. The minimum atomic E-state index is -0.602. The van der Waals surface area contributed by atoms with E-state index in [1.165, 1.54) is 0 Å². The topological polar surface area (TPSA) is 47.6 Å². The molecule has 134 valence electrons. The molecular formula is C21H27NO3. The first-order valence-electron chi connectivity index (χ1n) is 8.70. The Balaban J connectivity index is 2.04. The molecule has 0 aliphatic carbocycles. The van der Waals surface area contributed by atoms with Crippen LogP contribution in [0.5, 0.6) is 11.5 Å². The number of ether oxygens (including phenoxy) is 2. The Morgan fingerprint density at radius 1 is 0.920 bits per heavy atom. The third-order valence-electron chi connectivity index (χ3n) is 3.69. The van der Waals surface area contributed by atoms with Crippen molar-refractivity contribution >= 4 is 11.6 Å². The van der Waals surface area contributed by atoms with E-state index < -0.39 is 6.10 Å². The Kier molecular flexibility index (Phi) is 6.45. The average molecular weight is 341 g/mol. The van der Waals surface area contributed by atoms with E-state index in [0.717, 1.165) is 17.1 Å². The molecule has 0 spiro atoms. The van der Waals surface area contributed by atoms with Gasteiger partial charge in [0, 0.05) is 11.8 Å². The van der Waals surface area contributed by atoms with Crippen molar-refractivity contribution in [2.45, 2.75) is 52.7 Å². The van der Waals surface area contributed by atoms with Crippen LogP contribution in [-0.2, 0) is 4.79 Å². The zero-order valence-electron chi connectivity index (χ0n) is 15.6. The highest BCUT2D eigenvalue weighted by molar-refractivity contribution is 5.94. The van der Waals surface area contributed by atoms with Crippen LogP contribution < -0.4 is 14.8 Å². The molecule has 0 unspecified atom stereocenters. The standard InChI is InChI=1S/C21H27NO3/c1-14(2)19-11-6-7-12-20(19)25-16(5)21(23)22-17-9-8-10-18(13-17)24-15(3)4/h6-16H,1-5H3,(H,22,23)/t16-/m1/s1. The van der Waals surface area contributed by atoms with Crippen molar-refractivity contribution in [3.05, 3.63) is 54.1 Å². The maximum absolute atomic E-state index is 12.5. The van der Waals surface area contributed by atoms with Crippen LogP contribution in [-0.4, -0.2) is 18.1 Å². The van der Waals surface area contributed by atoms with Gasteiger partial charge in [0.1, 0.15) is 11.5 Å². The summed E-state index contributed by atoms with van der Waals surface area (Å²) in [5.41, 5.74) is 1.78. The summed E-state index contributed by atoms with van der Waals surface area (Å²) in [6.45, 7) is 9.89. The van der Waals surface area contributed by atoms with Crippen molar-refractivity contribution in [3.8, 4) is 11.5 Å². The quantitative estimate of drug-likeness (QED) is 0.770. The first-order chi connectivity index (χ1) is 11.9. The minimum absolute atomic E-state index is 0.0840. The van der Waals surface area contributed by atoms with Crippen LogP contribution in [0.3, 0.4) is 0 Å². The minimum Gasteiger partial charge on any atom is -0.491 e. The molecule has 0 aromatic heterocycles. The summed E-state index contributed by atoms with van der Waals surface area (Å²) in [6, 6.07) is 15.2. The van der Waals surface area contributed by atoms with Gasteiger partial charge in [-0.1, -0.05) is 38.1 Å². The number of benzene rings is 2. The molecule has 0 fully saturated rings. The Hall–Kier alpha value is -2.49. The van der Waals surface area contributed by atoms with Gasteiger partial charge >= 0.3 is 0 Å². The van der Waals surface area contributed by atoms with E-state index in [0.29, 0.717) is 11.6 Å². The normalized spacial score (nSPS) is 12.1. The summed E-state index contributed by atoms with van der Waals surface area (Å²) in [5, 5.41) is 2.88. The molecule has 0 heterocycles. The Labute approximate surface area is 150 Å². The Morgan fingerprint density at radius 3 is 2.32 bits per heavy atom. The van der Waals surface area contributed by atoms with E-state index in [1.54, 1.807) is 6.92 Å². The van der Waals surface area contributed by atoms with Crippen molar-refractivity contribution in [2.24, 2.45) is 0 Å². The predicted octanol–water partition coefficient (Wildman–Crippen LogP) is 5.00. The van der Waals surface area contributed by atoms with Crippen molar-refractivity contribution in [2.75, 3.05) is 5.32 Å². The molecule has 0 bridgehead atoms. The lowest BCUT2D eigenvalue weighted by atomic mass is 10.0. The SMILES string of the molecule is CC(C)Oc1cccc(NC(=O)[C@@H](C)Oc2ccccc2C(C)C)c1. The van der Waals surface area contributed by atoms with E-state index in [9.17, 15) is 4.79 Å². The number of hydrogen-bond donors (Lipinski definition) is 1. The number of hydrogen-bond acceptors (Lipinski definition) is 3. The first-order valence-corrected chi connectivity index (χ1v) is 8.70. The summed E-state index contributed by atoms with van der Waals surface area (Å²) in [4.78, 5) is 12.5. The van der Waals surface area contributed by atoms with Crippen LogP contribution in [0.2, 0.25) is 0 Å². The van der Waals surface area contributed by atoms with Gasteiger partial charge in [-0.05, 0) is 50.5 Å². The maximum Gasteiger partial charge on any atom is 0.265 e. The number of amides is 1. The fourth-order valence-electron chi connectivity index (χ4n) is 2.47. The van der Waals surface area contributed by atoms with E-state index in [1.807, 2.05) is 62.4 Å². The molecular weight excluding hydrogens is 314 g/mol. The highest BCUT2D eigenvalue weighted by Crippen LogP contribution is 2.27. The van der Waals surface area contributed by atoms with Crippen LogP contribution in [0.15, 0.2) is 48.5 Å². The van der Waals surface area contributed by atoms with Crippen molar-refractivity contribution in [1.29, 1.82) is 0 Å². The van der Waals surface area contributed by atoms with Gasteiger partial charge in [0.15, 0.2) is 6.10 Å². The van der Waals surface area contributed by atoms with Crippen LogP contribution in [0.25, 0.3) is 0 Å². The predicted molar refractivity (Wildman–Crippen MR) is 101 cm³/mol. The van der Waals surface area contributed by atoms with E-state index in [4.69, 9.17) is 9.47 Å². The third-order valence-corrected chi connectivity index (χ3v) is 3.69. The summed E-state index contributed by atoms with van der Waals surface area (Å²) in [5.74, 6) is 1.61. The highest BCUT2D eigenvalue weighted by Gasteiger charge is 2.17. The zero-order chi connectivity index (χ0) is 18.4. The number of para-hydroxylation sites is 1. The third kappa shape index (κ3) is 5.52. The molecule has 2 rings (SSSR count). The Morgan fingerprint density at radius 2 is 1.64 bits per heavy atom. The average Bonchev–Trinajstić information content (AvgIpc) is 2.54. The molecule has 25 heavy (non-hydrogen) atoms. The summed E-state index contributed by atoms with van der Waals surface area (Å²) in [6.07, 6.45) is -0.518. The fraction of sp³-hybridized carbons (Fsp3) is 0.381. The lowest BCUT2D eigenvalue weighted by Gasteiger charge is -2.19. The van der Waals surface area contributed by atoms with Crippen LogP contribution in [0, 0.1) is 0 Å². The lowest BCUT2D eigenvalue weighted by molar-refractivity contribution is -0.122. The van der Waals surface area contributed by atoms with Gasteiger partial charge in [-0.2, -0.15) is 0 Å². The van der Waals surface area contributed by atoms with Gasteiger partial charge in [-0.25, -0.2) is 0 Å². The van der Waals surface area contributed by atoms with Crippen LogP contribution in [0.4, 0.5) is 5.69 Å². The number of carbonyl (C=O) groups excluding carboxylic acids is 1. The molecule has 2 aromatic carbocycles. The Bertz CT molecular complexity index is 710. The van der Waals surface area contributed by atoms with Gasteiger partial charge in [-0.3, -0.25) is 4.79 Å². The van der Waals surface area contributed by atoms with Gasteiger partial charge in [0.2, 0.25) is 0 Å². The molecule has 0 saturated carbocycles. The number of rotatable bonds is 7.